The molecule has 144 valence electrons. The Hall–Kier alpha value is -2.82. The minimum absolute atomic E-state index is 0.0421. The van der Waals surface area contributed by atoms with Crippen LogP contribution in [0.4, 0.5) is 11.4 Å². The van der Waals surface area contributed by atoms with Crippen molar-refractivity contribution >= 4 is 23.2 Å². The molecule has 0 unspecified atom stereocenters. The number of carbonyl (C=O) groups excluding carboxylic acids is 2. The van der Waals surface area contributed by atoms with Crippen molar-refractivity contribution in [1.29, 1.82) is 0 Å². The van der Waals surface area contributed by atoms with E-state index in [4.69, 9.17) is 4.74 Å². The number of benzene rings is 2. The predicted molar refractivity (Wildman–Crippen MR) is 109 cm³/mol. The van der Waals surface area contributed by atoms with E-state index in [0.29, 0.717) is 23.0 Å². The summed E-state index contributed by atoms with van der Waals surface area (Å²) in [4.78, 5) is 23.7. The molecule has 27 heavy (non-hydrogen) atoms. The van der Waals surface area contributed by atoms with Crippen LogP contribution in [0.1, 0.15) is 45.6 Å². The summed E-state index contributed by atoms with van der Waals surface area (Å²) in [6.45, 7) is 7.95. The first-order chi connectivity index (χ1) is 12.9. The van der Waals surface area contributed by atoms with Gasteiger partial charge in [0.2, 0.25) is 5.91 Å². The Kier molecular flexibility index (Phi) is 7.41. The number of carbonyl (C=O) groups is 2. The van der Waals surface area contributed by atoms with Crippen LogP contribution in [0.2, 0.25) is 0 Å². The van der Waals surface area contributed by atoms with Gasteiger partial charge < -0.3 is 15.4 Å². The van der Waals surface area contributed by atoms with E-state index in [-0.39, 0.29) is 24.3 Å². The molecule has 0 aliphatic heterocycles. The number of anilines is 2. The van der Waals surface area contributed by atoms with E-state index in [0.717, 1.165) is 6.42 Å². The quantitative estimate of drug-likeness (QED) is 0.702. The van der Waals surface area contributed by atoms with Crippen molar-refractivity contribution in [2.24, 2.45) is 5.92 Å². The van der Waals surface area contributed by atoms with Crippen LogP contribution in [0.5, 0.6) is 5.75 Å². The van der Waals surface area contributed by atoms with Crippen LogP contribution in [0, 0.1) is 5.92 Å². The van der Waals surface area contributed by atoms with Gasteiger partial charge in [-0.25, -0.2) is 0 Å². The monoisotopic (exact) mass is 368 g/mol. The molecular formula is C22H28N2O3. The van der Waals surface area contributed by atoms with Crippen molar-refractivity contribution in [2.45, 2.75) is 40.0 Å². The molecule has 2 aromatic rings. The first kappa shape index (κ1) is 20.5. The van der Waals surface area contributed by atoms with Gasteiger partial charge in [-0.3, -0.25) is 9.59 Å². The lowest BCUT2D eigenvalue weighted by atomic mass is 9.99. The molecule has 5 heteroatoms. The zero-order valence-corrected chi connectivity index (χ0v) is 16.4. The second-order valence-electron chi connectivity index (χ2n) is 6.94. The number of amides is 2. The molecule has 0 spiro atoms. The highest BCUT2D eigenvalue weighted by Gasteiger charge is 2.08. The minimum Gasteiger partial charge on any atom is -0.484 e. The van der Waals surface area contributed by atoms with Gasteiger partial charge in [-0.1, -0.05) is 39.8 Å². The number of hydrogen-bond acceptors (Lipinski definition) is 3. The first-order valence-corrected chi connectivity index (χ1v) is 9.32. The summed E-state index contributed by atoms with van der Waals surface area (Å²) in [5, 5.41) is 5.59. The van der Waals surface area contributed by atoms with Crippen LogP contribution in [-0.2, 0) is 9.59 Å². The normalized spacial score (nSPS) is 11.7. The van der Waals surface area contributed by atoms with Gasteiger partial charge in [0.05, 0.1) is 0 Å². The summed E-state index contributed by atoms with van der Waals surface area (Å²) in [6, 6.07) is 14.8. The van der Waals surface area contributed by atoms with Crippen LogP contribution in [-0.4, -0.2) is 18.4 Å². The standard InChI is InChI=1S/C22H28N2O3/c1-5-16(4)17-6-12-20(13-7-17)27-14-21(25)23-18-8-10-19(11-9-18)24-22(26)15(2)3/h6-13,15-16H,5,14H2,1-4H3,(H,23,25)(H,24,26)/t16-/m0/s1. The molecule has 0 saturated carbocycles. The lowest BCUT2D eigenvalue weighted by Gasteiger charge is -2.11. The molecule has 0 heterocycles. The van der Waals surface area contributed by atoms with E-state index in [1.165, 1.54) is 5.56 Å². The van der Waals surface area contributed by atoms with Gasteiger partial charge in [0, 0.05) is 17.3 Å². The van der Waals surface area contributed by atoms with Crippen molar-refractivity contribution in [1.82, 2.24) is 0 Å². The van der Waals surface area contributed by atoms with E-state index in [2.05, 4.69) is 24.5 Å². The number of ether oxygens (including phenoxy) is 1. The smallest absolute Gasteiger partial charge is 0.262 e. The third-order valence-electron chi connectivity index (χ3n) is 4.39. The molecule has 2 amide bonds. The summed E-state index contributed by atoms with van der Waals surface area (Å²) in [5.74, 6) is 0.819. The maximum absolute atomic E-state index is 12.1. The zero-order chi connectivity index (χ0) is 19.8. The van der Waals surface area contributed by atoms with Gasteiger partial charge in [-0.05, 0) is 54.3 Å². The van der Waals surface area contributed by atoms with E-state index in [9.17, 15) is 9.59 Å². The lowest BCUT2D eigenvalue weighted by Crippen LogP contribution is -2.20. The van der Waals surface area contributed by atoms with Crippen LogP contribution in [0.15, 0.2) is 48.5 Å². The Bertz CT molecular complexity index is 752. The van der Waals surface area contributed by atoms with Gasteiger partial charge in [-0.2, -0.15) is 0 Å². The van der Waals surface area contributed by atoms with Gasteiger partial charge >= 0.3 is 0 Å². The Morgan fingerprint density at radius 1 is 0.889 bits per heavy atom. The van der Waals surface area contributed by atoms with E-state index in [1.54, 1.807) is 24.3 Å². The maximum atomic E-state index is 12.1. The summed E-state index contributed by atoms with van der Waals surface area (Å²) in [6.07, 6.45) is 1.09. The topological polar surface area (TPSA) is 67.4 Å². The molecule has 0 aliphatic rings. The number of hydrogen-bond donors (Lipinski definition) is 2. The molecule has 0 fully saturated rings. The second-order valence-corrected chi connectivity index (χ2v) is 6.94. The van der Waals surface area contributed by atoms with E-state index in [1.807, 2.05) is 38.1 Å². The van der Waals surface area contributed by atoms with Crippen molar-refractivity contribution in [3.8, 4) is 5.75 Å². The van der Waals surface area contributed by atoms with E-state index >= 15 is 0 Å². The van der Waals surface area contributed by atoms with Crippen molar-refractivity contribution in [3.63, 3.8) is 0 Å². The molecule has 1 atom stereocenters. The highest BCUT2D eigenvalue weighted by molar-refractivity contribution is 5.94. The molecule has 5 nitrogen and oxygen atoms in total. The van der Waals surface area contributed by atoms with Crippen LogP contribution < -0.4 is 15.4 Å². The molecule has 2 aromatic carbocycles. The minimum atomic E-state index is -0.236. The summed E-state index contributed by atoms with van der Waals surface area (Å²) in [5.41, 5.74) is 2.61. The third-order valence-corrected chi connectivity index (χ3v) is 4.39. The van der Waals surface area contributed by atoms with Crippen LogP contribution in [0.25, 0.3) is 0 Å². The molecule has 0 saturated heterocycles. The van der Waals surface area contributed by atoms with Crippen molar-refractivity contribution in [3.05, 3.63) is 54.1 Å². The lowest BCUT2D eigenvalue weighted by molar-refractivity contribution is -0.119. The Labute approximate surface area is 161 Å². The number of rotatable bonds is 8. The fourth-order valence-electron chi connectivity index (χ4n) is 2.40. The van der Waals surface area contributed by atoms with Crippen molar-refractivity contribution in [2.75, 3.05) is 17.2 Å². The molecule has 0 bridgehead atoms. The molecule has 2 N–H and O–H groups in total. The van der Waals surface area contributed by atoms with Crippen LogP contribution >= 0.6 is 0 Å². The third kappa shape index (κ3) is 6.44. The maximum Gasteiger partial charge on any atom is 0.262 e. The second kappa shape index (κ2) is 9.76. The fourth-order valence-corrected chi connectivity index (χ4v) is 2.40. The number of nitrogens with one attached hydrogen (secondary N) is 2. The van der Waals surface area contributed by atoms with Gasteiger partial charge in [0.1, 0.15) is 5.75 Å². The molecule has 0 radical (unpaired) electrons. The average Bonchev–Trinajstić information content (AvgIpc) is 2.67. The van der Waals surface area contributed by atoms with Gasteiger partial charge in [0.15, 0.2) is 6.61 Å². The highest BCUT2D eigenvalue weighted by atomic mass is 16.5. The largest absolute Gasteiger partial charge is 0.484 e. The first-order valence-electron chi connectivity index (χ1n) is 9.32. The molecule has 0 aliphatic carbocycles. The Morgan fingerprint density at radius 2 is 1.44 bits per heavy atom. The summed E-state index contributed by atoms with van der Waals surface area (Å²) < 4.78 is 5.54. The van der Waals surface area contributed by atoms with Crippen LogP contribution in [0.3, 0.4) is 0 Å². The summed E-state index contributed by atoms with van der Waals surface area (Å²) in [7, 11) is 0. The Morgan fingerprint density at radius 3 is 1.96 bits per heavy atom. The molecule has 2 rings (SSSR count). The van der Waals surface area contributed by atoms with Crippen molar-refractivity contribution < 1.29 is 14.3 Å². The van der Waals surface area contributed by atoms with E-state index < -0.39 is 0 Å². The zero-order valence-electron chi connectivity index (χ0n) is 16.4. The average molecular weight is 368 g/mol. The fraction of sp³-hybridized carbons (Fsp3) is 0.364. The summed E-state index contributed by atoms with van der Waals surface area (Å²) >= 11 is 0. The van der Waals surface area contributed by atoms with Gasteiger partial charge in [-0.15, -0.1) is 0 Å². The highest BCUT2D eigenvalue weighted by Crippen LogP contribution is 2.21. The Balaban J connectivity index is 1.82. The SMILES string of the molecule is CC[C@H](C)c1ccc(OCC(=O)Nc2ccc(NC(=O)C(C)C)cc2)cc1. The predicted octanol–water partition coefficient (Wildman–Crippen LogP) is 4.81. The molecular weight excluding hydrogens is 340 g/mol. The molecule has 0 aromatic heterocycles. The van der Waals surface area contributed by atoms with Gasteiger partial charge in [0.25, 0.3) is 5.91 Å².